The predicted octanol–water partition coefficient (Wildman–Crippen LogP) is 2.60. The van der Waals surface area contributed by atoms with Gasteiger partial charge in [0, 0.05) is 13.7 Å². The van der Waals surface area contributed by atoms with Gasteiger partial charge < -0.3 is 14.6 Å². The van der Waals surface area contributed by atoms with Gasteiger partial charge in [-0.1, -0.05) is 12.1 Å². The maximum atomic E-state index is 11.0. The van der Waals surface area contributed by atoms with Crippen LogP contribution in [0, 0.1) is 0 Å². The van der Waals surface area contributed by atoms with Crippen LogP contribution >= 0.6 is 0 Å². The van der Waals surface area contributed by atoms with Crippen molar-refractivity contribution in [1.29, 1.82) is 0 Å². The van der Waals surface area contributed by atoms with Gasteiger partial charge in [-0.25, -0.2) is 4.79 Å². The van der Waals surface area contributed by atoms with Crippen molar-refractivity contribution in [2.24, 2.45) is 0 Å². The molecule has 100 valence electrons. The van der Waals surface area contributed by atoms with E-state index in [0.29, 0.717) is 24.7 Å². The molecule has 0 radical (unpaired) electrons. The first kappa shape index (κ1) is 14.3. The molecule has 0 fully saturated rings. The fourth-order valence-electron chi connectivity index (χ4n) is 1.47. The monoisotopic (exact) mass is 253 g/mol. The topological polar surface area (TPSA) is 59.0 Å². The molecular formula is C13H19NO4. The van der Waals surface area contributed by atoms with Crippen LogP contribution in [0.15, 0.2) is 24.3 Å². The van der Waals surface area contributed by atoms with Crippen LogP contribution in [0.1, 0.15) is 13.8 Å². The molecule has 0 spiro atoms. The fraction of sp³-hybridized carbons (Fsp3) is 0.462. The van der Waals surface area contributed by atoms with Gasteiger partial charge in [-0.2, -0.15) is 0 Å². The molecular weight excluding hydrogens is 234 g/mol. The molecule has 0 bridgehead atoms. The van der Waals surface area contributed by atoms with Crippen molar-refractivity contribution in [3.05, 3.63) is 24.3 Å². The second-order valence-corrected chi connectivity index (χ2v) is 3.90. The second-order valence-electron chi connectivity index (χ2n) is 3.90. The van der Waals surface area contributed by atoms with Gasteiger partial charge in [-0.3, -0.25) is 4.90 Å². The molecule has 1 amide bonds. The summed E-state index contributed by atoms with van der Waals surface area (Å²) in [5, 5.41) is 8.98. The van der Waals surface area contributed by atoms with Crippen LogP contribution in [-0.4, -0.2) is 37.6 Å². The van der Waals surface area contributed by atoms with Crippen molar-refractivity contribution in [3.8, 4) is 5.75 Å². The van der Waals surface area contributed by atoms with E-state index in [9.17, 15) is 4.79 Å². The molecule has 18 heavy (non-hydrogen) atoms. The SMILES string of the molecule is CCOCC(C)Oc1ccccc1N(C)C(=O)O. The Morgan fingerprint density at radius 2 is 2.11 bits per heavy atom. The Morgan fingerprint density at radius 1 is 1.44 bits per heavy atom. The minimum Gasteiger partial charge on any atom is -0.486 e. The molecule has 1 unspecified atom stereocenters. The fourth-order valence-corrected chi connectivity index (χ4v) is 1.47. The van der Waals surface area contributed by atoms with Crippen molar-refractivity contribution in [2.45, 2.75) is 20.0 Å². The van der Waals surface area contributed by atoms with Crippen LogP contribution in [0.25, 0.3) is 0 Å². The lowest BCUT2D eigenvalue weighted by Gasteiger charge is -2.20. The molecule has 1 atom stereocenters. The van der Waals surface area contributed by atoms with E-state index in [-0.39, 0.29) is 6.10 Å². The second kappa shape index (κ2) is 6.86. The Bertz CT molecular complexity index is 394. The first-order valence-electron chi connectivity index (χ1n) is 5.86. The minimum absolute atomic E-state index is 0.131. The van der Waals surface area contributed by atoms with Gasteiger partial charge in [-0.05, 0) is 26.0 Å². The Morgan fingerprint density at radius 3 is 2.72 bits per heavy atom. The number of rotatable bonds is 6. The molecule has 0 aliphatic heterocycles. The molecule has 0 aliphatic rings. The van der Waals surface area contributed by atoms with Gasteiger partial charge >= 0.3 is 6.09 Å². The third-order valence-electron chi connectivity index (χ3n) is 2.40. The van der Waals surface area contributed by atoms with Crippen LogP contribution in [0.5, 0.6) is 5.75 Å². The van der Waals surface area contributed by atoms with Gasteiger partial charge in [-0.15, -0.1) is 0 Å². The summed E-state index contributed by atoms with van der Waals surface area (Å²) in [6.45, 7) is 4.90. The van der Waals surface area contributed by atoms with Crippen LogP contribution in [-0.2, 0) is 4.74 Å². The highest BCUT2D eigenvalue weighted by Crippen LogP contribution is 2.28. The van der Waals surface area contributed by atoms with E-state index in [2.05, 4.69) is 0 Å². The molecule has 0 saturated carbocycles. The van der Waals surface area contributed by atoms with Crippen molar-refractivity contribution < 1.29 is 19.4 Å². The Labute approximate surface area is 107 Å². The van der Waals surface area contributed by atoms with Crippen molar-refractivity contribution in [3.63, 3.8) is 0 Å². The van der Waals surface area contributed by atoms with E-state index in [1.165, 1.54) is 7.05 Å². The van der Waals surface area contributed by atoms with E-state index >= 15 is 0 Å². The predicted molar refractivity (Wildman–Crippen MR) is 69.5 cm³/mol. The number of ether oxygens (including phenoxy) is 2. The number of anilines is 1. The van der Waals surface area contributed by atoms with Crippen molar-refractivity contribution in [2.75, 3.05) is 25.2 Å². The van der Waals surface area contributed by atoms with Gasteiger partial charge in [0.1, 0.15) is 11.9 Å². The van der Waals surface area contributed by atoms with Crippen LogP contribution in [0.3, 0.4) is 0 Å². The average molecular weight is 253 g/mol. The maximum absolute atomic E-state index is 11.0. The van der Waals surface area contributed by atoms with Crippen molar-refractivity contribution in [1.82, 2.24) is 0 Å². The summed E-state index contributed by atoms with van der Waals surface area (Å²) in [6.07, 6.45) is -1.16. The van der Waals surface area contributed by atoms with E-state index < -0.39 is 6.09 Å². The number of hydrogen-bond donors (Lipinski definition) is 1. The van der Waals surface area contributed by atoms with Gasteiger partial charge in [0.05, 0.1) is 12.3 Å². The molecule has 1 aromatic rings. The number of para-hydroxylation sites is 2. The molecule has 0 heterocycles. The van der Waals surface area contributed by atoms with Gasteiger partial charge in [0.25, 0.3) is 0 Å². The Kier molecular flexibility index (Phi) is 5.45. The summed E-state index contributed by atoms with van der Waals surface area (Å²) >= 11 is 0. The highest BCUT2D eigenvalue weighted by molar-refractivity contribution is 5.87. The molecule has 0 aliphatic carbocycles. The summed E-state index contributed by atoms with van der Waals surface area (Å²) in [7, 11) is 1.48. The summed E-state index contributed by atoms with van der Waals surface area (Å²) in [5.41, 5.74) is 0.522. The molecule has 1 N–H and O–H groups in total. The highest BCUT2D eigenvalue weighted by Gasteiger charge is 2.15. The molecule has 5 heteroatoms. The van der Waals surface area contributed by atoms with Crippen molar-refractivity contribution >= 4 is 11.8 Å². The zero-order chi connectivity index (χ0) is 13.5. The van der Waals surface area contributed by atoms with E-state index in [1.807, 2.05) is 19.9 Å². The first-order valence-corrected chi connectivity index (χ1v) is 5.86. The molecule has 5 nitrogen and oxygen atoms in total. The zero-order valence-corrected chi connectivity index (χ0v) is 10.9. The highest BCUT2D eigenvalue weighted by atomic mass is 16.5. The quantitative estimate of drug-likeness (QED) is 0.846. The largest absolute Gasteiger partial charge is 0.486 e. The summed E-state index contributed by atoms with van der Waals surface area (Å²) in [4.78, 5) is 12.1. The van der Waals surface area contributed by atoms with E-state index in [4.69, 9.17) is 14.6 Å². The first-order chi connectivity index (χ1) is 8.56. The molecule has 1 aromatic carbocycles. The lowest BCUT2D eigenvalue weighted by Crippen LogP contribution is -2.26. The third kappa shape index (κ3) is 3.92. The Balaban J connectivity index is 2.79. The number of amides is 1. The summed E-state index contributed by atoms with van der Waals surface area (Å²) in [6, 6.07) is 7.03. The summed E-state index contributed by atoms with van der Waals surface area (Å²) < 4.78 is 10.9. The van der Waals surface area contributed by atoms with E-state index in [1.54, 1.807) is 18.2 Å². The van der Waals surface area contributed by atoms with Gasteiger partial charge in [0.15, 0.2) is 0 Å². The molecule has 0 saturated heterocycles. The zero-order valence-electron chi connectivity index (χ0n) is 10.9. The summed E-state index contributed by atoms with van der Waals surface area (Å²) in [5.74, 6) is 0.537. The van der Waals surface area contributed by atoms with Crippen LogP contribution in [0.2, 0.25) is 0 Å². The lowest BCUT2D eigenvalue weighted by atomic mass is 10.2. The average Bonchev–Trinajstić information content (AvgIpc) is 2.36. The number of hydrogen-bond acceptors (Lipinski definition) is 3. The van der Waals surface area contributed by atoms with Crippen LogP contribution in [0.4, 0.5) is 10.5 Å². The standard InChI is InChI=1S/C13H19NO4/c1-4-17-9-10(2)18-12-8-6-5-7-11(12)14(3)13(15)16/h5-8,10H,4,9H2,1-3H3,(H,15,16). The lowest BCUT2D eigenvalue weighted by molar-refractivity contribution is 0.0659. The molecule has 1 rings (SSSR count). The normalized spacial score (nSPS) is 11.9. The molecule has 0 aromatic heterocycles. The number of nitrogens with zero attached hydrogens (tertiary/aromatic N) is 1. The maximum Gasteiger partial charge on any atom is 0.411 e. The van der Waals surface area contributed by atoms with E-state index in [0.717, 1.165) is 4.90 Å². The number of carbonyl (C=O) groups is 1. The third-order valence-corrected chi connectivity index (χ3v) is 2.40. The minimum atomic E-state index is -1.02. The number of carboxylic acid groups (broad SMARTS) is 1. The van der Waals surface area contributed by atoms with Crippen LogP contribution < -0.4 is 9.64 Å². The smallest absolute Gasteiger partial charge is 0.411 e. The Hall–Kier alpha value is -1.75. The number of benzene rings is 1. The van der Waals surface area contributed by atoms with Gasteiger partial charge in [0.2, 0.25) is 0 Å².